The average Bonchev–Trinajstić information content (AvgIpc) is 2.78. The molecule has 0 radical (unpaired) electrons. The number of rotatable bonds is 4. The highest BCUT2D eigenvalue weighted by Crippen LogP contribution is 2.20. The molecule has 0 amide bonds. The third kappa shape index (κ3) is 2.48. The summed E-state index contributed by atoms with van der Waals surface area (Å²) in [5, 5.41) is 15.5. The number of likely N-dealkylation sites (N-methyl/N-ethyl adjacent to an activating group) is 1. The molecule has 94 valence electrons. The predicted molar refractivity (Wildman–Crippen MR) is 67.5 cm³/mol. The predicted octanol–water partition coefficient (Wildman–Crippen LogP) is 1.30. The lowest BCUT2D eigenvalue weighted by Crippen LogP contribution is -2.26. The van der Waals surface area contributed by atoms with Crippen molar-refractivity contribution in [2.45, 2.75) is 6.92 Å². The Hall–Kier alpha value is -2.37. The summed E-state index contributed by atoms with van der Waals surface area (Å²) in [5.41, 5.74) is 2.04. The van der Waals surface area contributed by atoms with Gasteiger partial charge in [-0.2, -0.15) is 4.98 Å². The Morgan fingerprint density at radius 1 is 1.44 bits per heavy atom. The molecule has 0 spiro atoms. The van der Waals surface area contributed by atoms with E-state index in [-0.39, 0.29) is 6.54 Å². The monoisotopic (exact) mass is 246 g/mol. The second-order valence-electron chi connectivity index (χ2n) is 4.05. The molecule has 0 aliphatic rings. The maximum Gasteiger partial charge on any atom is 0.323 e. The van der Waals surface area contributed by atoms with Crippen LogP contribution < -0.4 is 4.90 Å². The topological polar surface area (TPSA) is 82.1 Å². The van der Waals surface area contributed by atoms with Crippen LogP contribution in [0.25, 0.3) is 11.4 Å². The minimum atomic E-state index is -0.917. The van der Waals surface area contributed by atoms with Crippen LogP contribution in [0.15, 0.2) is 24.3 Å². The van der Waals surface area contributed by atoms with Gasteiger partial charge in [0.25, 0.3) is 0 Å². The summed E-state index contributed by atoms with van der Waals surface area (Å²) >= 11 is 0. The van der Waals surface area contributed by atoms with E-state index in [4.69, 9.17) is 5.11 Å². The number of nitrogens with zero attached hydrogens (tertiary/aromatic N) is 3. The quantitative estimate of drug-likeness (QED) is 0.849. The van der Waals surface area contributed by atoms with Gasteiger partial charge in [0.05, 0.1) is 0 Å². The van der Waals surface area contributed by atoms with Gasteiger partial charge in [-0.1, -0.05) is 24.3 Å². The van der Waals surface area contributed by atoms with Gasteiger partial charge >= 0.3 is 5.97 Å². The number of hydrogen-bond acceptors (Lipinski definition) is 4. The molecule has 6 nitrogen and oxygen atoms in total. The van der Waals surface area contributed by atoms with E-state index in [1.807, 2.05) is 31.2 Å². The Morgan fingerprint density at radius 2 is 2.17 bits per heavy atom. The highest BCUT2D eigenvalue weighted by molar-refractivity contribution is 5.72. The first kappa shape index (κ1) is 12.1. The molecule has 0 bridgehead atoms. The molecule has 2 N–H and O–H groups in total. The molecule has 0 fully saturated rings. The third-order valence-electron chi connectivity index (χ3n) is 2.59. The molecule has 0 aliphatic carbocycles. The summed E-state index contributed by atoms with van der Waals surface area (Å²) in [4.78, 5) is 16.4. The maximum absolute atomic E-state index is 10.6. The smallest absolute Gasteiger partial charge is 0.323 e. The van der Waals surface area contributed by atoms with Crippen molar-refractivity contribution in [1.82, 2.24) is 15.2 Å². The van der Waals surface area contributed by atoms with E-state index >= 15 is 0 Å². The Labute approximate surface area is 104 Å². The highest BCUT2D eigenvalue weighted by Gasteiger charge is 2.12. The summed E-state index contributed by atoms with van der Waals surface area (Å²) in [7, 11) is 1.64. The Bertz CT molecular complexity index is 565. The summed E-state index contributed by atoms with van der Waals surface area (Å²) in [5.74, 6) is 0.0933. The number of H-pyrrole nitrogens is 1. The SMILES string of the molecule is Cc1ccccc1-c1nc(N(C)CC(=O)O)n[nH]1. The zero-order valence-electron chi connectivity index (χ0n) is 10.2. The summed E-state index contributed by atoms with van der Waals surface area (Å²) < 4.78 is 0. The van der Waals surface area contributed by atoms with Gasteiger partial charge in [-0.3, -0.25) is 9.89 Å². The van der Waals surface area contributed by atoms with Gasteiger partial charge in [-0.25, -0.2) is 0 Å². The Balaban J connectivity index is 2.26. The van der Waals surface area contributed by atoms with Crippen molar-refractivity contribution < 1.29 is 9.90 Å². The van der Waals surface area contributed by atoms with Crippen molar-refractivity contribution in [3.8, 4) is 11.4 Å². The van der Waals surface area contributed by atoms with Crippen molar-refractivity contribution in [3.63, 3.8) is 0 Å². The lowest BCUT2D eigenvalue weighted by Gasteiger charge is -2.10. The molecule has 2 rings (SSSR count). The standard InChI is InChI=1S/C12H14N4O2/c1-8-5-3-4-6-9(8)11-13-12(15-14-11)16(2)7-10(17)18/h3-6H,7H2,1-2H3,(H,17,18)(H,13,14,15). The lowest BCUT2D eigenvalue weighted by molar-refractivity contribution is -0.135. The number of hydrogen-bond donors (Lipinski definition) is 2. The van der Waals surface area contributed by atoms with Crippen molar-refractivity contribution in [2.24, 2.45) is 0 Å². The number of aromatic amines is 1. The van der Waals surface area contributed by atoms with E-state index in [1.54, 1.807) is 7.05 Å². The number of carboxylic acids is 1. The zero-order valence-corrected chi connectivity index (χ0v) is 10.2. The molecule has 18 heavy (non-hydrogen) atoms. The largest absolute Gasteiger partial charge is 0.480 e. The minimum Gasteiger partial charge on any atom is -0.480 e. The van der Waals surface area contributed by atoms with Crippen LogP contribution in [-0.2, 0) is 4.79 Å². The van der Waals surface area contributed by atoms with Gasteiger partial charge in [-0.15, -0.1) is 5.10 Å². The Kier molecular flexibility index (Phi) is 3.27. The minimum absolute atomic E-state index is 0.134. The molecule has 0 aliphatic heterocycles. The Morgan fingerprint density at radius 3 is 2.83 bits per heavy atom. The fourth-order valence-electron chi connectivity index (χ4n) is 1.66. The summed E-state index contributed by atoms with van der Waals surface area (Å²) in [6.07, 6.45) is 0. The molecule has 1 aromatic heterocycles. The second-order valence-corrected chi connectivity index (χ2v) is 4.05. The van der Waals surface area contributed by atoms with E-state index in [1.165, 1.54) is 4.90 Å². The van der Waals surface area contributed by atoms with Crippen molar-refractivity contribution in [1.29, 1.82) is 0 Å². The molecule has 0 atom stereocenters. The van der Waals surface area contributed by atoms with E-state index in [2.05, 4.69) is 15.2 Å². The molecule has 0 unspecified atom stereocenters. The lowest BCUT2D eigenvalue weighted by atomic mass is 10.1. The van der Waals surface area contributed by atoms with E-state index in [0.717, 1.165) is 11.1 Å². The molecule has 0 saturated heterocycles. The molecule has 1 aromatic carbocycles. The number of carbonyl (C=O) groups is 1. The van der Waals surface area contributed by atoms with Gasteiger partial charge in [0, 0.05) is 12.6 Å². The highest BCUT2D eigenvalue weighted by atomic mass is 16.4. The first-order valence-electron chi connectivity index (χ1n) is 5.49. The van der Waals surface area contributed by atoms with E-state index < -0.39 is 5.97 Å². The van der Waals surface area contributed by atoms with Crippen molar-refractivity contribution in [3.05, 3.63) is 29.8 Å². The van der Waals surface area contributed by atoms with Crippen LogP contribution in [0.2, 0.25) is 0 Å². The number of aliphatic carboxylic acids is 1. The third-order valence-corrected chi connectivity index (χ3v) is 2.59. The number of carboxylic acid groups (broad SMARTS) is 1. The number of aryl methyl sites for hydroxylation is 1. The van der Waals surface area contributed by atoms with Crippen LogP contribution in [-0.4, -0.2) is 39.8 Å². The molecular formula is C12H14N4O2. The number of aromatic nitrogens is 3. The summed E-state index contributed by atoms with van der Waals surface area (Å²) in [6.45, 7) is 1.85. The van der Waals surface area contributed by atoms with Gasteiger partial charge in [0.15, 0.2) is 5.82 Å². The number of nitrogens with one attached hydrogen (secondary N) is 1. The van der Waals surface area contributed by atoms with Crippen LogP contribution >= 0.6 is 0 Å². The van der Waals surface area contributed by atoms with Gasteiger partial charge in [-0.05, 0) is 12.5 Å². The average molecular weight is 246 g/mol. The molecule has 0 saturated carbocycles. The van der Waals surface area contributed by atoms with Crippen LogP contribution in [0.3, 0.4) is 0 Å². The normalized spacial score (nSPS) is 10.3. The molecule has 1 heterocycles. The molecule has 2 aromatic rings. The second kappa shape index (κ2) is 4.87. The first-order valence-corrected chi connectivity index (χ1v) is 5.49. The fourth-order valence-corrected chi connectivity index (χ4v) is 1.66. The summed E-state index contributed by atoms with van der Waals surface area (Å²) in [6, 6.07) is 7.80. The molecule has 6 heteroatoms. The van der Waals surface area contributed by atoms with Crippen LogP contribution in [0.5, 0.6) is 0 Å². The van der Waals surface area contributed by atoms with Crippen molar-refractivity contribution in [2.75, 3.05) is 18.5 Å². The van der Waals surface area contributed by atoms with Crippen molar-refractivity contribution >= 4 is 11.9 Å². The number of benzene rings is 1. The first-order chi connectivity index (χ1) is 8.58. The number of anilines is 1. The molecular weight excluding hydrogens is 232 g/mol. The fraction of sp³-hybridized carbons (Fsp3) is 0.250. The maximum atomic E-state index is 10.6. The van der Waals surface area contributed by atoms with Gasteiger partial charge in [0.1, 0.15) is 6.54 Å². The van der Waals surface area contributed by atoms with Gasteiger partial charge < -0.3 is 10.0 Å². The van der Waals surface area contributed by atoms with Crippen LogP contribution in [0.4, 0.5) is 5.95 Å². The van der Waals surface area contributed by atoms with Crippen LogP contribution in [0, 0.1) is 6.92 Å². The van der Waals surface area contributed by atoms with Crippen LogP contribution in [0.1, 0.15) is 5.56 Å². The van der Waals surface area contributed by atoms with E-state index in [9.17, 15) is 4.79 Å². The zero-order chi connectivity index (χ0) is 13.1. The van der Waals surface area contributed by atoms with E-state index in [0.29, 0.717) is 11.8 Å². The van der Waals surface area contributed by atoms with Gasteiger partial charge in [0.2, 0.25) is 5.95 Å².